The van der Waals surface area contributed by atoms with Crippen LogP contribution in [0.4, 0.5) is 5.69 Å². The van der Waals surface area contributed by atoms with Crippen molar-refractivity contribution < 1.29 is 13.2 Å². The Hall–Kier alpha value is -2.86. The second kappa shape index (κ2) is 9.30. The zero-order chi connectivity index (χ0) is 21.7. The number of sulfonamides is 1. The Balaban J connectivity index is 1.88. The highest BCUT2D eigenvalue weighted by molar-refractivity contribution is 7.92. The molecule has 3 rings (SSSR count). The largest absolute Gasteiger partial charge is 0.457 e. The fourth-order valence-corrected chi connectivity index (χ4v) is 4.24. The molecule has 0 fully saturated rings. The minimum absolute atomic E-state index is 0.0130. The lowest BCUT2D eigenvalue weighted by molar-refractivity contribution is 0.472. The van der Waals surface area contributed by atoms with E-state index >= 15 is 0 Å². The van der Waals surface area contributed by atoms with Gasteiger partial charge < -0.3 is 4.74 Å². The third-order valence-electron chi connectivity index (χ3n) is 4.88. The summed E-state index contributed by atoms with van der Waals surface area (Å²) >= 11 is 0. The molecule has 6 heteroatoms. The molecule has 0 aliphatic carbocycles. The van der Waals surface area contributed by atoms with Crippen LogP contribution in [0, 0.1) is 6.92 Å². The number of hydrogen-bond acceptors (Lipinski definition) is 4. The quantitative estimate of drug-likeness (QED) is 0.468. The number of aromatic nitrogens is 1. The van der Waals surface area contributed by atoms with Crippen LogP contribution in [0.5, 0.6) is 11.5 Å². The van der Waals surface area contributed by atoms with Crippen molar-refractivity contribution in [2.45, 2.75) is 40.2 Å². The molecule has 0 saturated carbocycles. The smallest absolute Gasteiger partial charge is 0.235 e. The number of anilines is 1. The normalized spacial score (nSPS) is 11.5. The molecular weight excluding hydrogens is 396 g/mol. The maximum absolute atomic E-state index is 12.7. The first-order chi connectivity index (χ1) is 14.3. The number of hydrogen-bond donors (Lipinski definition) is 0. The summed E-state index contributed by atoms with van der Waals surface area (Å²) in [7, 11) is -3.45. The summed E-state index contributed by atoms with van der Waals surface area (Å²) < 4.78 is 32.9. The van der Waals surface area contributed by atoms with Crippen LogP contribution in [0.1, 0.15) is 43.5 Å². The second-order valence-corrected chi connectivity index (χ2v) is 9.70. The molecule has 2 aromatic carbocycles. The SMILES string of the molecule is CCS(=O)(=O)N(Cc1ccccn1)c1ccc(Oc2cc(C)ccc2C(C)C)cc1. The first kappa shape index (κ1) is 21.8. The van der Waals surface area contributed by atoms with E-state index in [0.29, 0.717) is 23.0 Å². The Morgan fingerprint density at radius 3 is 2.37 bits per heavy atom. The van der Waals surface area contributed by atoms with Crippen molar-refractivity contribution in [3.8, 4) is 11.5 Å². The van der Waals surface area contributed by atoms with Crippen LogP contribution in [0.25, 0.3) is 0 Å². The molecule has 3 aromatic rings. The van der Waals surface area contributed by atoms with E-state index in [2.05, 4.69) is 31.0 Å². The summed E-state index contributed by atoms with van der Waals surface area (Å²) in [6.45, 7) is 8.12. The van der Waals surface area contributed by atoms with E-state index in [0.717, 1.165) is 16.9 Å². The van der Waals surface area contributed by atoms with Crippen molar-refractivity contribution in [1.29, 1.82) is 0 Å². The Labute approximate surface area is 179 Å². The van der Waals surface area contributed by atoms with Crippen molar-refractivity contribution in [2.75, 3.05) is 10.1 Å². The van der Waals surface area contributed by atoms with Crippen LogP contribution in [0.2, 0.25) is 0 Å². The molecule has 0 aliphatic rings. The van der Waals surface area contributed by atoms with Gasteiger partial charge in [0.25, 0.3) is 0 Å². The lowest BCUT2D eigenvalue weighted by Gasteiger charge is -2.24. The van der Waals surface area contributed by atoms with Crippen LogP contribution >= 0.6 is 0 Å². The predicted octanol–water partition coefficient (Wildman–Crippen LogP) is 5.66. The van der Waals surface area contributed by atoms with Gasteiger partial charge in [0, 0.05) is 6.20 Å². The summed E-state index contributed by atoms with van der Waals surface area (Å²) in [4.78, 5) is 4.27. The van der Waals surface area contributed by atoms with Crippen molar-refractivity contribution in [2.24, 2.45) is 0 Å². The lowest BCUT2D eigenvalue weighted by Crippen LogP contribution is -2.32. The summed E-state index contributed by atoms with van der Waals surface area (Å²) in [6, 6.07) is 18.8. The van der Waals surface area contributed by atoms with Gasteiger partial charge in [-0.2, -0.15) is 0 Å². The van der Waals surface area contributed by atoms with Crippen LogP contribution in [-0.4, -0.2) is 19.2 Å². The van der Waals surface area contributed by atoms with E-state index < -0.39 is 10.0 Å². The molecular formula is C24H28N2O3S. The average Bonchev–Trinajstić information content (AvgIpc) is 2.73. The van der Waals surface area contributed by atoms with Gasteiger partial charge in [-0.1, -0.05) is 32.0 Å². The van der Waals surface area contributed by atoms with E-state index in [1.807, 2.05) is 31.2 Å². The second-order valence-electron chi connectivity index (χ2n) is 7.52. The van der Waals surface area contributed by atoms with Crippen molar-refractivity contribution in [3.63, 3.8) is 0 Å². The van der Waals surface area contributed by atoms with E-state index in [1.165, 1.54) is 4.31 Å². The fraction of sp³-hybridized carbons (Fsp3) is 0.292. The fourth-order valence-electron chi connectivity index (χ4n) is 3.16. The summed E-state index contributed by atoms with van der Waals surface area (Å²) in [5.41, 5.74) is 3.54. The molecule has 30 heavy (non-hydrogen) atoms. The first-order valence-corrected chi connectivity index (χ1v) is 11.7. The van der Waals surface area contributed by atoms with Gasteiger partial charge in [0.05, 0.1) is 23.7 Å². The van der Waals surface area contributed by atoms with Gasteiger partial charge in [-0.25, -0.2) is 8.42 Å². The van der Waals surface area contributed by atoms with Gasteiger partial charge in [-0.05, 0) is 73.4 Å². The molecule has 0 aliphatic heterocycles. The van der Waals surface area contributed by atoms with Crippen molar-refractivity contribution in [1.82, 2.24) is 4.98 Å². The third kappa shape index (κ3) is 5.19. The van der Waals surface area contributed by atoms with E-state index in [-0.39, 0.29) is 12.3 Å². The summed E-state index contributed by atoms with van der Waals surface area (Å²) in [5, 5.41) is 0. The average molecular weight is 425 g/mol. The number of ether oxygens (including phenoxy) is 1. The van der Waals surface area contributed by atoms with Crippen LogP contribution in [-0.2, 0) is 16.6 Å². The minimum atomic E-state index is -3.45. The molecule has 1 heterocycles. The number of benzene rings is 2. The van der Waals surface area contributed by atoms with Gasteiger partial charge in [0.2, 0.25) is 10.0 Å². The predicted molar refractivity (Wildman–Crippen MR) is 122 cm³/mol. The lowest BCUT2D eigenvalue weighted by atomic mass is 10.0. The zero-order valence-electron chi connectivity index (χ0n) is 17.9. The summed E-state index contributed by atoms with van der Waals surface area (Å²) in [5.74, 6) is 1.84. The molecule has 158 valence electrons. The molecule has 0 atom stereocenters. The Morgan fingerprint density at radius 2 is 1.77 bits per heavy atom. The monoisotopic (exact) mass is 424 g/mol. The Bertz CT molecular complexity index is 1080. The highest BCUT2D eigenvalue weighted by Gasteiger charge is 2.21. The number of pyridine rings is 1. The molecule has 5 nitrogen and oxygen atoms in total. The first-order valence-electron chi connectivity index (χ1n) is 10.1. The minimum Gasteiger partial charge on any atom is -0.457 e. The van der Waals surface area contributed by atoms with Gasteiger partial charge >= 0.3 is 0 Å². The molecule has 0 bridgehead atoms. The van der Waals surface area contributed by atoms with Crippen molar-refractivity contribution in [3.05, 3.63) is 83.7 Å². The molecule has 0 radical (unpaired) electrons. The molecule has 0 spiro atoms. The summed E-state index contributed by atoms with van der Waals surface area (Å²) in [6.07, 6.45) is 1.66. The van der Waals surface area contributed by atoms with Gasteiger partial charge in [0.15, 0.2) is 0 Å². The highest BCUT2D eigenvalue weighted by atomic mass is 32.2. The van der Waals surface area contributed by atoms with E-state index in [4.69, 9.17) is 4.74 Å². The Kier molecular flexibility index (Phi) is 6.77. The zero-order valence-corrected chi connectivity index (χ0v) is 18.7. The molecule has 0 amide bonds. The Morgan fingerprint density at radius 1 is 1.03 bits per heavy atom. The maximum Gasteiger partial charge on any atom is 0.235 e. The van der Waals surface area contributed by atoms with Gasteiger partial charge in [0.1, 0.15) is 11.5 Å². The van der Waals surface area contributed by atoms with Gasteiger partial charge in [-0.15, -0.1) is 0 Å². The van der Waals surface area contributed by atoms with E-state index in [1.54, 1.807) is 37.4 Å². The third-order valence-corrected chi connectivity index (χ3v) is 6.62. The standard InChI is InChI=1S/C24H28N2O3S/c1-5-30(27,28)26(17-20-8-6-7-15-25-20)21-10-12-22(13-11-21)29-24-16-19(4)9-14-23(24)18(2)3/h6-16,18H,5,17H2,1-4H3. The van der Waals surface area contributed by atoms with Crippen LogP contribution in [0.3, 0.4) is 0 Å². The topological polar surface area (TPSA) is 59.5 Å². The molecule has 0 unspecified atom stereocenters. The number of aryl methyl sites for hydroxylation is 1. The number of nitrogens with zero attached hydrogens (tertiary/aromatic N) is 2. The molecule has 1 aromatic heterocycles. The highest BCUT2D eigenvalue weighted by Crippen LogP contribution is 2.32. The number of rotatable bonds is 8. The van der Waals surface area contributed by atoms with Crippen molar-refractivity contribution >= 4 is 15.7 Å². The maximum atomic E-state index is 12.7. The van der Waals surface area contributed by atoms with Gasteiger partial charge in [-0.3, -0.25) is 9.29 Å². The van der Waals surface area contributed by atoms with E-state index in [9.17, 15) is 8.42 Å². The molecule has 0 N–H and O–H groups in total. The van der Waals surface area contributed by atoms with Crippen LogP contribution < -0.4 is 9.04 Å². The van der Waals surface area contributed by atoms with Crippen LogP contribution in [0.15, 0.2) is 66.9 Å². The molecule has 0 saturated heterocycles.